The minimum Gasteiger partial charge on any atom is -0.294 e. The van der Waals surface area contributed by atoms with Crippen molar-refractivity contribution < 1.29 is 17.6 Å². The summed E-state index contributed by atoms with van der Waals surface area (Å²) in [4.78, 5) is 12.8. The number of carbonyl (C=O) groups is 1. The Morgan fingerprint density at radius 2 is 1.86 bits per heavy atom. The van der Waals surface area contributed by atoms with Gasteiger partial charge < -0.3 is 0 Å². The fourth-order valence-corrected chi connectivity index (χ4v) is 3.64. The fourth-order valence-electron chi connectivity index (χ4n) is 1.71. The van der Waals surface area contributed by atoms with E-state index in [9.17, 15) is 17.6 Å². The SMILES string of the molecule is CC(=O)c1ccc(CCNS(=O)(=O)c2ccc(F)cc2)s1. The fraction of sp³-hybridized carbons (Fsp3) is 0.214. The molecule has 1 heterocycles. The highest BCUT2D eigenvalue weighted by molar-refractivity contribution is 7.89. The highest BCUT2D eigenvalue weighted by Gasteiger charge is 2.13. The van der Waals surface area contributed by atoms with Gasteiger partial charge in [0.2, 0.25) is 10.0 Å². The average molecular weight is 327 g/mol. The maximum Gasteiger partial charge on any atom is 0.240 e. The molecule has 112 valence electrons. The van der Waals surface area contributed by atoms with Crippen molar-refractivity contribution in [3.05, 3.63) is 52.0 Å². The van der Waals surface area contributed by atoms with Crippen LogP contribution in [0.25, 0.3) is 0 Å². The molecule has 2 aromatic rings. The van der Waals surface area contributed by atoms with Gasteiger partial charge in [0.05, 0.1) is 9.77 Å². The average Bonchev–Trinajstić information content (AvgIpc) is 2.88. The van der Waals surface area contributed by atoms with E-state index in [2.05, 4.69) is 4.72 Å². The standard InChI is InChI=1S/C14H14FNO3S2/c1-10(17)14-7-4-12(20-14)8-9-16-21(18,19)13-5-2-11(15)3-6-13/h2-7,16H,8-9H2,1H3. The summed E-state index contributed by atoms with van der Waals surface area (Å²) < 4.78 is 39.2. The van der Waals surface area contributed by atoms with E-state index in [1.807, 2.05) is 6.07 Å². The number of thiophene rings is 1. The van der Waals surface area contributed by atoms with Gasteiger partial charge in [-0.3, -0.25) is 4.79 Å². The van der Waals surface area contributed by atoms with Crippen LogP contribution in [0.3, 0.4) is 0 Å². The number of nitrogens with one attached hydrogen (secondary N) is 1. The van der Waals surface area contributed by atoms with Crippen LogP contribution in [-0.2, 0) is 16.4 Å². The quantitative estimate of drug-likeness (QED) is 0.830. The summed E-state index contributed by atoms with van der Waals surface area (Å²) in [5, 5.41) is 0. The zero-order chi connectivity index (χ0) is 15.5. The molecule has 7 heteroatoms. The summed E-state index contributed by atoms with van der Waals surface area (Å²) in [5.74, 6) is -0.484. The van der Waals surface area contributed by atoms with Crippen molar-refractivity contribution in [2.45, 2.75) is 18.2 Å². The third-order valence-corrected chi connectivity index (χ3v) is 5.52. The van der Waals surface area contributed by atoms with E-state index in [4.69, 9.17) is 0 Å². The summed E-state index contributed by atoms with van der Waals surface area (Å²) in [6.07, 6.45) is 0.498. The predicted octanol–water partition coefficient (Wildman–Crippen LogP) is 2.61. The number of hydrogen-bond donors (Lipinski definition) is 1. The van der Waals surface area contributed by atoms with Gasteiger partial charge in [-0.05, 0) is 49.7 Å². The molecule has 2 rings (SSSR count). The molecule has 0 atom stereocenters. The molecule has 0 fully saturated rings. The monoisotopic (exact) mass is 327 g/mol. The number of benzene rings is 1. The van der Waals surface area contributed by atoms with Crippen LogP contribution in [0.15, 0.2) is 41.3 Å². The molecule has 0 aliphatic rings. The van der Waals surface area contributed by atoms with Crippen LogP contribution >= 0.6 is 11.3 Å². The Labute approximate surface area is 126 Å². The Morgan fingerprint density at radius 1 is 1.19 bits per heavy atom. The predicted molar refractivity (Wildman–Crippen MR) is 79.6 cm³/mol. The molecule has 0 radical (unpaired) electrons. The maximum absolute atomic E-state index is 12.8. The van der Waals surface area contributed by atoms with E-state index in [0.717, 1.165) is 17.0 Å². The summed E-state index contributed by atoms with van der Waals surface area (Å²) in [7, 11) is -3.64. The van der Waals surface area contributed by atoms with Gasteiger partial charge in [0.25, 0.3) is 0 Å². The van der Waals surface area contributed by atoms with Crippen molar-refractivity contribution in [3.63, 3.8) is 0 Å². The van der Waals surface area contributed by atoms with Gasteiger partial charge >= 0.3 is 0 Å². The van der Waals surface area contributed by atoms with Crippen LogP contribution in [0.1, 0.15) is 21.5 Å². The first-order valence-corrected chi connectivity index (χ1v) is 8.53. The van der Waals surface area contributed by atoms with E-state index in [1.165, 1.54) is 30.4 Å². The molecule has 0 spiro atoms. The van der Waals surface area contributed by atoms with Crippen molar-refractivity contribution in [3.8, 4) is 0 Å². The van der Waals surface area contributed by atoms with Crippen LogP contribution in [0, 0.1) is 5.82 Å². The van der Waals surface area contributed by atoms with Crippen molar-refractivity contribution >= 4 is 27.1 Å². The van der Waals surface area contributed by atoms with E-state index in [0.29, 0.717) is 11.3 Å². The van der Waals surface area contributed by atoms with Crippen molar-refractivity contribution in [2.24, 2.45) is 0 Å². The topological polar surface area (TPSA) is 63.2 Å². The van der Waals surface area contributed by atoms with E-state index in [-0.39, 0.29) is 17.2 Å². The van der Waals surface area contributed by atoms with Gasteiger partial charge in [0.15, 0.2) is 5.78 Å². The molecule has 1 N–H and O–H groups in total. The van der Waals surface area contributed by atoms with Gasteiger partial charge in [0.1, 0.15) is 5.82 Å². The van der Waals surface area contributed by atoms with Gasteiger partial charge in [0, 0.05) is 11.4 Å². The second kappa shape index (κ2) is 6.46. The molecular weight excluding hydrogens is 313 g/mol. The second-order valence-corrected chi connectivity index (χ2v) is 7.36. The van der Waals surface area contributed by atoms with E-state index >= 15 is 0 Å². The van der Waals surface area contributed by atoms with Crippen LogP contribution in [-0.4, -0.2) is 20.7 Å². The lowest BCUT2D eigenvalue weighted by Crippen LogP contribution is -2.25. The molecule has 0 aliphatic carbocycles. The zero-order valence-electron chi connectivity index (χ0n) is 11.3. The lowest BCUT2D eigenvalue weighted by atomic mass is 10.3. The van der Waals surface area contributed by atoms with E-state index in [1.54, 1.807) is 6.07 Å². The number of hydrogen-bond acceptors (Lipinski definition) is 4. The second-order valence-electron chi connectivity index (χ2n) is 4.42. The third-order valence-electron chi connectivity index (χ3n) is 2.80. The molecule has 0 saturated heterocycles. The molecule has 0 aliphatic heterocycles. The number of carbonyl (C=O) groups excluding carboxylic acids is 1. The molecule has 1 aromatic carbocycles. The van der Waals surface area contributed by atoms with Gasteiger partial charge in [-0.15, -0.1) is 11.3 Å². The number of halogens is 1. The maximum atomic E-state index is 12.8. The normalized spacial score (nSPS) is 11.5. The van der Waals surface area contributed by atoms with Gasteiger partial charge in [-0.1, -0.05) is 0 Å². The van der Waals surface area contributed by atoms with Crippen LogP contribution in [0.4, 0.5) is 4.39 Å². The molecule has 0 unspecified atom stereocenters. The Bertz CT molecular complexity index is 736. The summed E-state index contributed by atoms with van der Waals surface area (Å²) in [6.45, 7) is 1.71. The number of sulfonamides is 1. The number of Topliss-reactive ketones (excluding diaryl/α,β-unsaturated/α-hetero) is 1. The van der Waals surface area contributed by atoms with Crippen LogP contribution in [0.5, 0.6) is 0 Å². The van der Waals surface area contributed by atoms with Crippen LogP contribution < -0.4 is 4.72 Å². The third kappa shape index (κ3) is 4.20. The minimum atomic E-state index is -3.64. The molecule has 1 aromatic heterocycles. The number of rotatable bonds is 6. The Kier molecular flexibility index (Phi) is 4.87. The molecule has 21 heavy (non-hydrogen) atoms. The smallest absolute Gasteiger partial charge is 0.240 e. The Hall–Kier alpha value is -1.57. The van der Waals surface area contributed by atoms with E-state index < -0.39 is 15.8 Å². The van der Waals surface area contributed by atoms with Crippen LogP contribution in [0.2, 0.25) is 0 Å². The van der Waals surface area contributed by atoms with Gasteiger partial charge in [-0.2, -0.15) is 0 Å². The highest BCUT2D eigenvalue weighted by atomic mass is 32.2. The largest absolute Gasteiger partial charge is 0.294 e. The molecule has 0 bridgehead atoms. The summed E-state index contributed by atoms with van der Waals surface area (Å²) >= 11 is 1.36. The lowest BCUT2D eigenvalue weighted by Gasteiger charge is -2.05. The highest BCUT2D eigenvalue weighted by Crippen LogP contribution is 2.17. The molecule has 0 amide bonds. The van der Waals surface area contributed by atoms with Crippen molar-refractivity contribution in [1.29, 1.82) is 0 Å². The Balaban J connectivity index is 1.95. The molecule has 4 nitrogen and oxygen atoms in total. The number of ketones is 1. The van der Waals surface area contributed by atoms with Crippen molar-refractivity contribution in [2.75, 3.05) is 6.54 Å². The molecule has 0 saturated carbocycles. The van der Waals surface area contributed by atoms with Crippen molar-refractivity contribution in [1.82, 2.24) is 4.72 Å². The zero-order valence-corrected chi connectivity index (χ0v) is 12.9. The summed E-state index contributed by atoms with van der Waals surface area (Å²) in [5.41, 5.74) is 0. The first-order valence-electron chi connectivity index (χ1n) is 6.23. The first kappa shape index (κ1) is 15.8. The summed E-state index contributed by atoms with van der Waals surface area (Å²) in [6, 6.07) is 8.19. The van der Waals surface area contributed by atoms with Gasteiger partial charge in [-0.25, -0.2) is 17.5 Å². The first-order chi connectivity index (χ1) is 9.88. The Morgan fingerprint density at radius 3 is 2.43 bits per heavy atom. The lowest BCUT2D eigenvalue weighted by molar-refractivity contribution is 0.102. The molecular formula is C14H14FNO3S2. The minimum absolute atomic E-state index is 0.00172.